The standard InChI is InChI=1S/C17H26N2O2/c1-3-5-6-13(4-2)12-18-17(20)19-15-7-8-16-14(11-15)9-10-21-16/h7-8,11,13H,3-6,9-10,12H2,1-2H3,(H2,18,19,20). The zero-order valence-electron chi connectivity index (χ0n) is 13.1. The Hall–Kier alpha value is -1.71. The molecule has 4 heteroatoms. The van der Waals surface area contributed by atoms with Crippen LogP contribution in [0.25, 0.3) is 0 Å². The molecule has 0 bridgehead atoms. The van der Waals surface area contributed by atoms with Crippen LogP contribution in [0.1, 0.15) is 45.1 Å². The van der Waals surface area contributed by atoms with Crippen molar-refractivity contribution in [3.63, 3.8) is 0 Å². The van der Waals surface area contributed by atoms with Gasteiger partial charge in [0.05, 0.1) is 6.61 Å². The summed E-state index contributed by atoms with van der Waals surface area (Å²) in [6, 6.07) is 5.69. The molecule has 1 heterocycles. The van der Waals surface area contributed by atoms with Crippen LogP contribution in [-0.2, 0) is 6.42 Å². The second kappa shape index (κ2) is 7.91. The van der Waals surface area contributed by atoms with Crippen LogP contribution in [0.5, 0.6) is 5.75 Å². The molecular weight excluding hydrogens is 264 g/mol. The normalized spacial score (nSPS) is 14.2. The van der Waals surface area contributed by atoms with E-state index >= 15 is 0 Å². The van der Waals surface area contributed by atoms with Gasteiger partial charge in [0, 0.05) is 18.7 Å². The molecule has 2 N–H and O–H groups in total. The number of unbranched alkanes of at least 4 members (excludes halogenated alkanes) is 1. The second-order valence-electron chi connectivity index (χ2n) is 5.67. The van der Waals surface area contributed by atoms with Crippen molar-refractivity contribution in [1.29, 1.82) is 0 Å². The van der Waals surface area contributed by atoms with Crippen LogP contribution in [0.2, 0.25) is 0 Å². The summed E-state index contributed by atoms with van der Waals surface area (Å²) in [6.45, 7) is 5.86. The van der Waals surface area contributed by atoms with E-state index in [1.807, 2.05) is 18.2 Å². The first-order chi connectivity index (χ1) is 10.2. The third-order valence-corrected chi connectivity index (χ3v) is 4.04. The van der Waals surface area contributed by atoms with Crippen molar-refractivity contribution < 1.29 is 9.53 Å². The number of amides is 2. The van der Waals surface area contributed by atoms with E-state index in [1.54, 1.807) is 0 Å². The van der Waals surface area contributed by atoms with E-state index in [2.05, 4.69) is 24.5 Å². The van der Waals surface area contributed by atoms with Crippen LogP contribution >= 0.6 is 0 Å². The van der Waals surface area contributed by atoms with Crippen molar-refractivity contribution >= 4 is 11.7 Å². The monoisotopic (exact) mass is 290 g/mol. The molecule has 0 radical (unpaired) electrons. The number of carbonyl (C=O) groups is 1. The molecule has 0 saturated carbocycles. The number of hydrogen-bond acceptors (Lipinski definition) is 2. The maximum Gasteiger partial charge on any atom is 0.319 e. The highest BCUT2D eigenvalue weighted by molar-refractivity contribution is 5.89. The van der Waals surface area contributed by atoms with Gasteiger partial charge in [-0.25, -0.2) is 4.79 Å². The van der Waals surface area contributed by atoms with Crippen LogP contribution in [0.15, 0.2) is 18.2 Å². The molecule has 4 nitrogen and oxygen atoms in total. The summed E-state index contributed by atoms with van der Waals surface area (Å²) in [6.07, 6.45) is 5.65. The Morgan fingerprint density at radius 1 is 1.38 bits per heavy atom. The van der Waals surface area contributed by atoms with Gasteiger partial charge in [0.15, 0.2) is 0 Å². The number of nitrogens with one attached hydrogen (secondary N) is 2. The minimum absolute atomic E-state index is 0.121. The average Bonchev–Trinajstić information content (AvgIpc) is 2.95. The maximum absolute atomic E-state index is 12.0. The molecule has 21 heavy (non-hydrogen) atoms. The van der Waals surface area contributed by atoms with Gasteiger partial charge in [-0.05, 0) is 36.1 Å². The minimum Gasteiger partial charge on any atom is -0.493 e. The van der Waals surface area contributed by atoms with Crippen LogP contribution in [0, 0.1) is 5.92 Å². The number of anilines is 1. The molecular formula is C17H26N2O2. The number of urea groups is 1. The third kappa shape index (κ3) is 4.66. The first-order valence-corrected chi connectivity index (χ1v) is 8.03. The zero-order valence-corrected chi connectivity index (χ0v) is 13.1. The lowest BCUT2D eigenvalue weighted by atomic mass is 9.99. The van der Waals surface area contributed by atoms with Gasteiger partial charge in [-0.2, -0.15) is 0 Å². The van der Waals surface area contributed by atoms with E-state index in [1.165, 1.54) is 24.8 Å². The summed E-state index contributed by atoms with van der Waals surface area (Å²) in [5, 5.41) is 5.88. The lowest BCUT2D eigenvalue weighted by molar-refractivity contribution is 0.249. The predicted octanol–water partition coefficient (Wildman–Crippen LogP) is 3.96. The number of fused-ring (bicyclic) bond motifs is 1. The Labute approximate surface area is 127 Å². The number of hydrogen-bond donors (Lipinski definition) is 2. The Kier molecular flexibility index (Phi) is 5.90. The molecule has 0 spiro atoms. The highest BCUT2D eigenvalue weighted by atomic mass is 16.5. The van der Waals surface area contributed by atoms with E-state index in [9.17, 15) is 4.79 Å². The molecule has 0 saturated heterocycles. The molecule has 2 rings (SSSR count). The lowest BCUT2D eigenvalue weighted by Gasteiger charge is -2.15. The smallest absolute Gasteiger partial charge is 0.319 e. The summed E-state index contributed by atoms with van der Waals surface area (Å²) in [5.74, 6) is 1.51. The largest absolute Gasteiger partial charge is 0.493 e. The molecule has 116 valence electrons. The van der Waals surface area contributed by atoms with Gasteiger partial charge in [0.25, 0.3) is 0 Å². The first kappa shape index (κ1) is 15.7. The number of ether oxygens (including phenoxy) is 1. The van der Waals surface area contributed by atoms with E-state index in [0.717, 1.165) is 37.4 Å². The first-order valence-electron chi connectivity index (χ1n) is 8.03. The quantitative estimate of drug-likeness (QED) is 0.798. The Morgan fingerprint density at radius 3 is 3.00 bits per heavy atom. The van der Waals surface area contributed by atoms with E-state index < -0.39 is 0 Å². The number of carbonyl (C=O) groups excluding carboxylic acids is 1. The number of benzene rings is 1. The summed E-state index contributed by atoms with van der Waals surface area (Å²) in [7, 11) is 0. The van der Waals surface area contributed by atoms with Gasteiger partial charge in [-0.3, -0.25) is 0 Å². The van der Waals surface area contributed by atoms with Gasteiger partial charge in [0.1, 0.15) is 5.75 Å². The average molecular weight is 290 g/mol. The van der Waals surface area contributed by atoms with Crippen molar-refractivity contribution in [3.05, 3.63) is 23.8 Å². The molecule has 0 aliphatic carbocycles. The molecule has 1 aromatic carbocycles. The van der Waals surface area contributed by atoms with Crippen molar-refractivity contribution in [3.8, 4) is 5.75 Å². The van der Waals surface area contributed by atoms with Gasteiger partial charge in [0.2, 0.25) is 0 Å². The molecule has 1 aromatic rings. The number of rotatable bonds is 7. The molecule has 0 fully saturated rings. The fourth-order valence-corrected chi connectivity index (χ4v) is 2.62. The van der Waals surface area contributed by atoms with E-state index in [-0.39, 0.29) is 6.03 Å². The molecule has 1 atom stereocenters. The highest BCUT2D eigenvalue weighted by Gasteiger charge is 2.13. The predicted molar refractivity (Wildman–Crippen MR) is 86.0 cm³/mol. The van der Waals surface area contributed by atoms with Gasteiger partial charge in [-0.15, -0.1) is 0 Å². The fraction of sp³-hybridized carbons (Fsp3) is 0.588. The summed E-state index contributed by atoms with van der Waals surface area (Å²) < 4.78 is 5.46. The van der Waals surface area contributed by atoms with E-state index in [4.69, 9.17) is 4.74 Å². The molecule has 1 aliphatic heterocycles. The second-order valence-corrected chi connectivity index (χ2v) is 5.67. The molecule has 1 unspecified atom stereocenters. The van der Waals surface area contributed by atoms with E-state index in [0.29, 0.717) is 5.92 Å². The summed E-state index contributed by atoms with van der Waals surface area (Å²) >= 11 is 0. The Morgan fingerprint density at radius 2 is 2.24 bits per heavy atom. The Balaban J connectivity index is 1.79. The highest BCUT2D eigenvalue weighted by Crippen LogP contribution is 2.27. The third-order valence-electron chi connectivity index (χ3n) is 4.04. The van der Waals surface area contributed by atoms with Gasteiger partial charge >= 0.3 is 6.03 Å². The molecule has 2 amide bonds. The summed E-state index contributed by atoms with van der Waals surface area (Å²) in [4.78, 5) is 12.0. The molecule has 1 aliphatic rings. The molecule has 0 aromatic heterocycles. The lowest BCUT2D eigenvalue weighted by Crippen LogP contribution is -2.33. The van der Waals surface area contributed by atoms with Gasteiger partial charge in [-0.1, -0.05) is 33.1 Å². The van der Waals surface area contributed by atoms with Crippen LogP contribution in [0.3, 0.4) is 0 Å². The Bertz CT molecular complexity index is 474. The van der Waals surface area contributed by atoms with Crippen molar-refractivity contribution in [1.82, 2.24) is 5.32 Å². The maximum atomic E-state index is 12.0. The minimum atomic E-state index is -0.121. The van der Waals surface area contributed by atoms with Crippen LogP contribution in [0.4, 0.5) is 10.5 Å². The topological polar surface area (TPSA) is 50.4 Å². The van der Waals surface area contributed by atoms with Crippen LogP contribution < -0.4 is 15.4 Å². The summed E-state index contributed by atoms with van der Waals surface area (Å²) in [5.41, 5.74) is 2.00. The van der Waals surface area contributed by atoms with Crippen LogP contribution in [-0.4, -0.2) is 19.2 Å². The van der Waals surface area contributed by atoms with Gasteiger partial charge < -0.3 is 15.4 Å². The fourth-order valence-electron chi connectivity index (χ4n) is 2.62. The van der Waals surface area contributed by atoms with Crippen molar-refractivity contribution in [2.75, 3.05) is 18.5 Å². The van der Waals surface area contributed by atoms with Crippen molar-refractivity contribution in [2.24, 2.45) is 5.92 Å². The van der Waals surface area contributed by atoms with Crippen molar-refractivity contribution in [2.45, 2.75) is 46.0 Å². The SMILES string of the molecule is CCCCC(CC)CNC(=O)Nc1ccc2c(c1)CCO2. The zero-order chi connectivity index (χ0) is 15.1.